The van der Waals surface area contributed by atoms with Gasteiger partial charge < -0.3 is 0 Å². The second-order valence-electron chi connectivity index (χ2n) is 4.82. The van der Waals surface area contributed by atoms with Gasteiger partial charge in [-0.2, -0.15) is 20.3 Å². The summed E-state index contributed by atoms with van der Waals surface area (Å²) in [6.45, 7) is 1.78. The van der Waals surface area contributed by atoms with Crippen LogP contribution in [0.3, 0.4) is 0 Å². The maximum Gasteiger partial charge on any atom is 0.280 e. The van der Waals surface area contributed by atoms with E-state index in [4.69, 9.17) is 0 Å². The van der Waals surface area contributed by atoms with Crippen LogP contribution >= 0.6 is 15.9 Å². The lowest BCUT2D eigenvalue weighted by Gasteiger charge is -2.11. The summed E-state index contributed by atoms with van der Waals surface area (Å²) >= 11 is 3.36. The number of rotatable bonds is 3. The molecular weight excluding hydrogens is 344 g/mol. The molecule has 6 heteroatoms. The van der Waals surface area contributed by atoms with Gasteiger partial charge in [0.25, 0.3) is 5.91 Å². The van der Waals surface area contributed by atoms with Crippen molar-refractivity contribution in [2.45, 2.75) is 13.0 Å². The van der Waals surface area contributed by atoms with E-state index in [1.165, 1.54) is 5.01 Å². The Morgan fingerprint density at radius 2 is 1.77 bits per heavy atom. The van der Waals surface area contributed by atoms with Gasteiger partial charge in [0.2, 0.25) is 0 Å². The number of amides is 1. The molecule has 0 radical (unpaired) electrons. The van der Waals surface area contributed by atoms with Crippen LogP contribution in [-0.2, 0) is 4.79 Å². The van der Waals surface area contributed by atoms with Gasteiger partial charge in [-0.1, -0.05) is 34.1 Å². The van der Waals surface area contributed by atoms with Crippen LogP contribution in [0.15, 0.2) is 74.4 Å². The molecule has 1 heterocycles. The second-order valence-corrected chi connectivity index (χ2v) is 5.74. The SMILES string of the molecule is CC1=NN(c2ccccc2)C(=O)C1N=Nc1ccc(Br)cc1. The van der Waals surface area contributed by atoms with Crippen LogP contribution in [-0.4, -0.2) is 17.7 Å². The van der Waals surface area contributed by atoms with Crippen molar-refractivity contribution in [3.05, 3.63) is 59.1 Å². The number of azo groups is 1. The number of nitrogens with zero attached hydrogens (tertiary/aromatic N) is 4. The van der Waals surface area contributed by atoms with Crippen LogP contribution < -0.4 is 5.01 Å². The van der Waals surface area contributed by atoms with E-state index in [2.05, 4.69) is 31.3 Å². The average Bonchev–Trinajstić information content (AvgIpc) is 2.82. The minimum absolute atomic E-state index is 0.190. The zero-order valence-electron chi connectivity index (χ0n) is 11.8. The van der Waals surface area contributed by atoms with E-state index in [0.29, 0.717) is 11.4 Å². The highest BCUT2D eigenvalue weighted by molar-refractivity contribution is 9.10. The maximum atomic E-state index is 12.4. The summed E-state index contributed by atoms with van der Waals surface area (Å²) in [6, 6.07) is 16.0. The molecule has 1 amide bonds. The Balaban J connectivity index is 1.80. The van der Waals surface area contributed by atoms with Crippen molar-refractivity contribution in [2.75, 3.05) is 5.01 Å². The molecule has 3 rings (SSSR count). The number of anilines is 1. The molecule has 0 N–H and O–H groups in total. The highest BCUT2D eigenvalue weighted by Gasteiger charge is 2.34. The summed E-state index contributed by atoms with van der Waals surface area (Å²) in [6.07, 6.45) is 0. The second kappa shape index (κ2) is 6.19. The van der Waals surface area contributed by atoms with E-state index in [1.54, 1.807) is 6.92 Å². The standard InChI is InChI=1S/C16H13BrN4O/c1-11-15(19-18-13-9-7-12(17)8-10-13)16(22)21(20-11)14-5-3-2-4-6-14/h2-10,15H,1H3. The zero-order valence-corrected chi connectivity index (χ0v) is 13.4. The summed E-state index contributed by atoms with van der Waals surface area (Å²) in [4.78, 5) is 12.4. The lowest BCUT2D eigenvalue weighted by molar-refractivity contribution is -0.117. The van der Waals surface area contributed by atoms with E-state index in [0.717, 1.165) is 10.2 Å². The Bertz CT molecular complexity index is 741. The Morgan fingerprint density at radius 1 is 1.09 bits per heavy atom. The Kier molecular flexibility index (Phi) is 4.11. The minimum Gasteiger partial charge on any atom is -0.269 e. The first-order valence-electron chi connectivity index (χ1n) is 6.76. The first-order valence-corrected chi connectivity index (χ1v) is 7.55. The number of para-hydroxylation sites is 1. The molecule has 1 unspecified atom stereocenters. The number of hydrogen-bond donors (Lipinski definition) is 0. The first-order chi connectivity index (χ1) is 10.6. The number of halogens is 1. The van der Waals surface area contributed by atoms with Crippen molar-refractivity contribution in [2.24, 2.45) is 15.3 Å². The molecule has 0 saturated carbocycles. The van der Waals surface area contributed by atoms with Gasteiger partial charge >= 0.3 is 0 Å². The molecule has 22 heavy (non-hydrogen) atoms. The summed E-state index contributed by atoms with van der Waals surface area (Å²) in [5, 5.41) is 13.9. The van der Waals surface area contributed by atoms with Crippen LogP contribution in [0.1, 0.15) is 6.92 Å². The van der Waals surface area contributed by atoms with E-state index in [1.807, 2.05) is 54.6 Å². The highest BCUT2D eigenvalue weighted by atomic mass is 79.9. The Labute approximate surface area is 136 Å². The highest BCUT2D eigenvalue weighted by Crippen LogP contribution is 2.23. The first kappa shape index (κ1) is 14.6. The monoisotopic (exact) mass is 356 g/mol. The van der Waals surface area contributed by atoms with Gasteiger partial charge in [-0.15, -0.1) is 0 Å². The molecule has 0 fully saturated rings. The molecule has 0 saturated heterocycles. The van der Waals surface area contributed by atoms with Crippen LogP contribution in [0, 0.1) is 0 Å². The Morgan fingerprint density at radius 3 is 2.45 bits per heavy atom. The molecule has 0 bridgehead atoms. The predicted molar refractivity (Wildman–Crippen MR) is 89.5 cm³/mol. The fraction of sp³-hybridized carbons (Fsp3) is 0.125. The van der Waals surface area contributed by atoms with Gasteiger partial charge in [0.15, 0.2) is 6.04 Å². The van der Waals surface area contributed by atoms with Crippen molar-refractivity contribution in [3.8, 4) is 0 Å². The fourth-order valence-electron chi connectivity index (χ4n) is 2.08. The molecule has 2 aromatic rings. The smallest absolute Gasteiger partial charge is 0.269 e. The van der Waals surface area contributed by atoms with Gasteiger partial charge in [-0.3, -0.25) is 4.79 Å². The molecule has 5 nitrogen and oxygen atoms in total. The number of hydrazone groups is 1. The molecule has 1 aliphatic heterocycles. The number of carbonyl (C=O) groups excluding carboxylic acids is 1. The third kappa shape index (κ3) is 2.96. The topological polar surface area (TPSA) is 57.4 Å². The molecule has 0 aromatic heterocycles. The third-order valence-corrected chi connectivity index (χ3v) is 3.74. The summed E-state index contributed by atoms with van der Waals surface area (Å²) < 4.78 is 0.969. The molecule has 0 spiro atoms. The summed E-state index contributed by atoms with van der Waals surface area (Å²) in [7, 11) is 0. The number of benzene rings is 2. The van der Waals surface area contributed by atoms with E-state index in [-0.39, 0.29) is 5.91 Å². The van der Waals surface area contributed by atoms with Crippen LogP contribution in [0.2, 0.25) is 0 Å². The molecular formula is C16H13BrN4O. The molecule has 0 aliphatic carbocycles. The Hall–Kier alpha value is -2.34. The average molecular weight is 357 g/mol. The third-order valence-electron chi connectivity index (χ3n) is 3.21. The van der Waals surface area contributed by atoms with Crippen molar-refractivity contribution in [1.82, 2.24) is 0 Å². The van der Waals surface area contributed by atoms with Crippen molar-refractivity contribution in [3.63, 3.8) is 0 Å². The van der Waals surface area contributed by atoms with Crippen molar-refractivity contribution < 1.29 is 4.79 Å². The minimum atomic E-state index is -0.663. The maximum absolute atomic E-state index is 12.4. The largest absolute Gasteiger partial charge is 0.280 e. The molecule has 110 valence electrons. The van der Waals surface area contributed by atoms with Crippen LogP contribution in [0.4, 0.5) is 11.4 Å². The van der Waals surface area contributed by atoms with Gasteiger partial charge in [0, 0.05) is 4.47 Å². The fourth-order valence-corrected chi connectivity index (χ4v) is 2.34. The van der Waals surface area contributed by atoms with Crippen molar-refractivity contribution >= 4 is 38.9 Å². The lowest BCUT2D eigenvalue weighted by atomic mass is 10.2. The molecule has 1 atom stereocenters. The van der Waals surface area contributed by atoms with E-state index < -0.39 is 6.04 Å². The van der Waals surface area contributed by atoms with Crippen LogP contribution in [0.5, 0.6) is 0 Å². The number of carbonyl (C=O) groups is 1. The van der Waals surface area contributed by atoms with Gasteiger partial charge in [-0.05, 0) is 43.3 Å². The summed E-state index contributed by atoms with van der Waals surface area (Å²) in [5.41, 5.74) is 2.06. The van der Waals surface area contributed by atoms with E-state index >= 15 is 0 Å². The zero-order chi connectivity index (χ0) is 15.5. The lowest BCUT2D eigenvalue weighted by Crippen LogP contribution is -2.29. The van der Waals surface area contributed by atoms with E-state index in [9.17, 15) is 4.79 Å². The molecule has 1 aliphatic rings. The number of hydrogen-bond acceptors (Lipinski definition) is 4. The van der Waals surface area contributed by atoms with Crippen LogP contribution in [0.25, 0.3) is 0 Å². The quantitative estimate of drug-likeness (QED) is 0.755. The van der Waals surface area contributed by atoms with Crippen molar-refractivity contribution in [1.29, 1.82) is 0 Å². The summed E-state index contributed by atoms with van der Waals surface area (Å²) in [5.74, 6) is -0.190. The molecule has 2 aromatic carbocycles. The van der Waals surface area contributed by atoms with Gasteiger partial charge in [0.05, 0.1) is 17.1 Å². The van der Waals surface area contributed by atoms with Gasteiger partial charge in [0.1, 0.15) is 0 Å². The predicted octanol–water partition coefficient (Wildman–Crippen LogP) is 4.32. The normalized spacial score (nSPS) is 18.1. The van der Waals surface area contributed by atoms with Gasteiger partial charge in [-0.25, -0.2) is 0 Å².